The number of aryl methyl sites for hydroxylation is 2. The predicted molar refractivity (Wildman–Crippen MR) is 96.5 cm³/mol. The Labute approximate surface area is 143 Å². The van der Waals surface area contributed by atoms with Gasteiger partial charge >= 0.3 is 0 Å². The van der Waals surface area contributed by atoms with Crippen LogP contribution in [0, 0.1) is 19.8 Å². The summed E-state index contributed by atoms with van der Waals surface area (Å²) in [4.78, 5) is 23.3. The largest absolute Gasteiger partial charge is 0.341 e. The fourth-order valence-corrected chi connectivity index (χ4v) is 2.83. The number of aromatic nitrogens is 2. The molecular weight excluding hydrogens is 300 g/mol. The van der Waals surface area contributed by atoms with Crippen molar-refractivity contribution in [2.75, 3.05) is 23.3 Å². The first kappa shape index (κ1) is 16.4. The highest BCUT2D eigenvalue weighted by molar-refractivity contribution is 6.03. The standard InChI is InChI=1S/C19H24N4O/c1-13-6-8-23(9-7-13)19-20-11-16(12-21-19)18(24)22-17-5-4-14(2)15(3)10-17/h4-5,10-13H,6-9H2,1-3H3,(H,22,24). The Morgan fingerprint density at radius 3 is 2.42 bits per heavy atom. The highest BCUT2D eigenvalue weighted by Gasteiger charge is 2.18. The minimum absolute atomic E-state index is 0.183. The molecule has 1 aliphatic heterocycles. The molecule has 1 fully saturated rings. The molecule has 1 amide bonds. The van der Waals surface area contributed by atoms with Gasteiger partial charge in [-0.15, -0.1) is 0 Å². The van der Waals surface area contributed by atoms with E-state index < -0.39 is 0 Å². The van der Waals surface area contributed by atoms with Gasteiger partial charge < -0.3 is 10.2 Å². The van der Waals surface area contributed by atoms with Crippen LogP contribution in [0.4, 0.5) is 11.6 Å². The van der Waals surface area contributed by atoms with Gasteiger partial charge in [0.15, 0.2) is 0 Å². The quantitative estimate of drug-likeness (QED) is 0.937. The van der Waals surface area contributed by atoms with Crippen molar-refractivity contribution in [1.29, 1.82) is 0 Å². The maximum Gasteiger partial charge on any atom is 0.258 e. The van der Waals surface area contributed by atoms with Crippen LogP contribution in [0.1, 0.15) is 41.3 Å². The first-order chi connectivity index (χ1) is 11.5. The molecule has 0 atom stereocenters. The number of nitrogens with zero attached hydrogens (tertiary/aromatic N) is 3. The molecular formula is C19H24N4O. The predicted octanol–water partition coefficient (Wildman–Crippen LogP) is 3.58. The zero-order valence-electron chi connectivity index (χ0n) is 14.5. The van der Waals surface area contributed by atoms with Crippen LogP contribution in [0.25, 0.3) is 0 Å². The SMILES string of the molecule is Cc1ccc(NC(=O)c2cnc(N3CCC(C)CC3)nc2)cc1C. The molecule has 3 rings (SSSR count). The van der Waals surface area contributed by atoms with E-state index in [9.17, 15) is 4.79 Å². The van der Waals surface area contributed by atoms with Gasteiger partial charge in [0.05, 0.1) is 5.56 Å². The van der Waals surface area contributed by atoms with Crippen LogP contribution in [0.5, 0.6) is 0 Å². The first-order valence-electron chi connectivity index (χ1n) is 8.48. The van der Waals surface area contributed by atoms with E-state index in [1.165, 1.54) is 18.4 Å². The molecule has 0 radical (unpaired) electrons. The van der Waals surface area contributed by atoms with Gasteiger partial charge in [0.2, 0.25) is 5.95 Å². The molecule has 0 bridgehead atoms. The normalized spacial score (nSPS) is 15.4. The average Bonchev–Trinajstić information content (AvgIpc) is 2.59. The van der Waals surface area contributed by atoms with Gasteiger partial charge in [-0.25, -0.2) is 9.97 Å². The van der Waals surface area contributed by atoms with E-state index >= 15 is 0 Å². The Morgan fingerprint density at radius 1 is 1.12 bits per heavy atom. The van der Waals surface area contributed by atoms with Crippen LogP contribution in [-0.4, -0.2) is 29.0 Å². The molecule has 1 aromatic heterocycles. The third-order valence-electron chi connectivity index (χ3n) is 4.73. The van der Waals surface area contributed by atoms with E-state index in [-0.39, 0.29) is 5.91 Å². The van der Waals surface area contributed by atoms with Crippen LogP contribution >= 0.6 is 0 Å². The highest BCUT2D eigenvalue weighted by atomic mass is 16.1. The van der Waals surface area contributed by atoms with Crippen molar-refractivity contribution in [1.82, 2.24) is 9.97 Å². The van der Waals surface area contributed by atoms with Crippen LogP contribution in [0.15, 0.2) is 30.6 Å². The van der Waals surface area contributed by atoms with Crippen molar-refractivity contribution < 1.29 is 4.79 Å². The lowest BCUT2D eigenvalue weighted by Crippen LogP contribution is -2.34. The van der Waals surface area contributed by atoms with Gasteiger partial charge in [0, 0.05) is 31.2 Å². The zero-order chi connectivity index (χ0) is 17.1. The lowest BCUT2D eigenvalue weighted by molar-refractivity contribution is 0.102. The molecule has 0 aliphatic carbocycles. The van der Waals surface area contributed by atoms with E-state index in [4.69, 9.17) is 0 Å². The van der Waals surface area contributed by atoms with E-state index in [2.05, 4.69) is 34.0 Å². The summed E-state index contributed by atoms with van der Waals surface area (Å²) in [5, 5.41) is 2.90. The summed E-state index contributed by atoms with van der Waals surface area (Å²) in [5.41, 5.74) is 3.62. The number of carbonyl (C=O) groups excluding carboxylic acids is 1. The number of anilines is 2. The molecule has 5 nitrogen and oxygen atoms in total. The minimum Gasteiger partial charge on any atom is -0.341 e. The summed E-state index contributed by atoms with van der Waals surface area (Å²) in [5.74, 6) is 1.30. The molecule has 126 valence electrons. The molecule has 0 spiro atoms. The van der Waals surface area contributed by atoms with E-state index in [0.29, 0.717) is 11.5 Å². The van der Waals surface area contributed by atoms with Crippen molar-refractivity contribution in [3.05, 3.63) is 47.3 Å². The van der Waals surface area contributed by atoms with E-state index in [1.54, 1.807) is 12.4 Å². The smallest absolute Gasteiger partial charge is 0.258 e. The lowest BCUT2D eigenvalue weighted by atomic mass is 10.00. The zero-order valence-corrected chi connectivity index (χ0v) is 14.5. The Hall–Kier alpha value is -2.43. The second kappa shape index (κ2) is 6.99. The summed E-state index contributed by atoms with van der Waals surface area (Å²) in [6.45, 7) is 8.32. The molecule has 0 unspecified atom stereocenters. The van der Waals surface area contributed by atoms with E-state index in [0.717, 1.165) is 30.3 Å². The molecule has 2 aromatic rings. The summed E-state index contributed by atoms with van der Waals surface area (Å²) in [6, 6.07) is 5.88. The number of benzene rings is 1. The summed E-state index contributed by atoms with van der Waals surface area (Å²) in [7, 11) is 0. The number of hydrogen-bond donors (Lipinski definition) is 1. The Kier molecular flexibility index (Phi) is 4.79. The Balaban J connectivity index is 1.66. The number of rotatable bonds is 3. The van der Waals surface area contributed by atoms with E-state index in [1.807, 2.05) is 25.1 Å². The number of carbonyl (C=O) groups is 1. The van der Waals surface area contributed by atoms with Crippen molar-refractivity contribution in [3.63, 3.8) is 0 Å². The number of amides is 1. The summed E-state index contributed by atoms with van der Waals surface area (Å²) in [6.07, 6.45) is 5.55. The second-order valence-corrected chi connectivity index (χ2v) is 6.69. The summed E-state index contributed by atoms with van der Waals surface area (Å²) < 4.78 is 0. The number of hydrogen-bond acceptors (Lipinski definition) is 4. The molecule has 1 aliphatic rings. The molecule has 5 heteroatoms. The van der Waals surface area contributed by atoms with Crippen LogP contribution in [-0.2, 0) is 0 Å². The van der Waals surface area contributed by atoms with Gasteiger partial charge in [-0.1, -0.05) is 13.0 Å². The average molecular weight is 324 g/mol. The second-order valence-electron chi connectivity index (χ2n) is 6.69. The topological polar surface area (TPSA) is 58.1 Å². The van der Waals surface area contributed by atoms with Gasteiger partial charge in [0.25, 0.3) is 5.91 Å². The molecule has 1 aromatic carbocycles. The third kappa shape index (κ3) is 3.72. The maximum absolute atomic E-state index is 12.3. The monoisotopic (exact) mass is 324 g/mol. The Bertz CT molecular complexity index is 719. The number of piperidine rings is 1. The maximum atomic E-state index is 12.3. The van der Waals surface area contributed by atoms with Crippen molar-refractivity contribution >= 4 is 17.5 Å². The van der Waals surface area contributed by atoms with Crippen LogP contribution < -0.4 is 10.2 Å². The molecule has 1 N–H and O–H groups in total. The van der Waals surface area contributed by atoms with Crippen molar-refractivity contribution in [2.45, 2.75) is 33.6 Å². The number of nitrogens with one attached hydrogen (secondary N) is 1. The first-order valence-corrected chi connectivity index (χ1v) is 8.48. The van der Waals surface area contributed by atoms with Crippen LogP contribution in [0.3, 0.4) is 0 Å². The minimum atomic E-state index is -0.183. The third-order valence-corrected chi connectivity index (χ3v) is 4.73. The highest BCUT2D eigenvalue weighted by Crippen LogP contribution is 2.20. The molecule has 1 saturated heterocycles. The molecule has 24 heavy (non-hydrogen) atoms. The Morgan fingerprint density at radius 2 is 1.79 bits per heavy atom. The van der Waals surface area contributed by atoms with Crippen molar-refractivity contribution in [3.8, 4) is 0 Å². The van der Waals surface area contributed by atoms with Crippen molar-refractivity contribution in [2.24, 2.45) is 5.92 Å². The molecule has 2 heterocycles. The lowest BCUT2D eigenvalue weighted by Gasteiger charge is -2.30. The fourth-order valence-electron chi connectivity index (χ4n) is 2.83. The fraction of sp³-hybridized carbons (Fsp3) is 0.421. The van der Waals surface area contributed by atoms with Gasteiger partial charge in [-0.3, -0.25) is 4.79 Å². The van der Waals surface area contributed by atoms with Crippen LogP contribution in [0.2, 0.25) is 0 Å². The van der Waals surface area contributed by atoms with Gasteiger partial charge in [-0.05, 0) is 55.9 Å². The van der Waals surface area contributed by atoms with Gasteiger partial charge in [0.1, 0.15) is 0 Å². The van der Waals surface area contributed by atoms with Gasteiger partial charge in [-0.2, -0.15) is 0 Å². The summed E-state index contributed by atoms with van der Waals surface area (Å²) >= 11 is 0. The molecule has 0 saturated carbocycles.